The predicted octanol–water partition coefficient (Wildman–Crippen LogP) is 5.91. The number of rotatable bonds is 5. The second kappa shape index (κ2) is 7.33. The van der Waals surface area contributed by atoms with Crippen LogP contribution in [0.25, 0.3) is 10.9 Å². The van der Waals surface area contributed by atoms with Gasteiger partial charge in [-0.25, -0.2) is 8.42 Å². The van der Waals surface area contributed by atoms with E-state index in [1.165, 1.54) is 10.9 Å². The Bertz CT molecular complexity index is 1320. The van der Waals surface area contributed by atoms with E-state index in [9.17, 15) is 8.42 Å². The molecule has 3 aromatic carbocycles. The third kappa shape index (κ3) is 3.50. The number of aromatic amines is 1. The van der Waals surface area contributed by atoms with Gasteiger partial charge in [0.25, 0.3) is 10.0 Å². The summed E-state index contributed by atoms with van der Waals surface area (Å²) in [6.45, 7) is 8.27. The zero-order chi connectivity index (χ0) is 21.5. The summed E-state index contributed by atoms with van der Waals surface area (Å²) >= 11 is 0. The zero-order valence-electron chi connectivity index (χ0n) is 17.7. The van der Waals surface area contributed by atoms with Crippen LogP contribution in [0.3, 0.4) is 0 Å². The van der Waals surface area contributed by atoms with Gasteiger partial charge in [0.1, 0.15) is 0 Å². The quantitative estimate of drug-likeness (QED) is 0.423. The lowest BCUT2D eigenvalue weighted by Crippen LogP contribution is -2.24. The van der Waals surface area contributed by atoms with Crippen molar-refractivity contribution < 1.29 is 8.42 Å². The normalized spacial score (nSPS) is 12.3. The molecular formula is C25H26N2O2S. The number of sulfonamides is 1. The van der Waals surface area contributed by atoms with Gasteiger partial charge in [-0.3, -0.25) is 4.72 Å². The Morgan fingerprint density at radius 3 is 2.17 bits per heavy atom. The molecule has 0 amide bonds. The molecule has 0 spiro atoms. The van der Waals surface area contributed by atoms with Gasteiger partial charge in [-0.15, -0.1) is 0 Å². The maximum atomic E-state index is 13.0. The fourth-order valence-corrected chi connectivity index (χ4v) is 5.16. The van der Waals surface area contributed by atoms with Crippen molar-refractivity contribution in [3.05, 3.63) is 95.2 Å². The molecular weight excluding hydrogens is 392 g/mol. The van der Waals surface area contributed by atoms with Crippen LogP contribution in [0.1, 0.15) is 36.2 Å². The molecule has 154 valence electrons. The van der Waals surface area contributed by atoms with E-state index in [-0.39, 0.29) is 4.90 Å². The third-order valence-electron chi connectivity index (χ3n) is 5.77. The van der Waals surface area contributed by atoms with E-state index in [1.807, 2.05) is 43.3 Å². The largest absolute Gasteiger partial charge is 0.357 e. The molecule has 0 aliphatic carbocycles. The average Bonchev–Trinajstić information content (AvgIpc) is 3.06. The Balaban J connectivity index is 1.79. The highest BCUT2D eigenvalue weighted by Gasteiger charge is 2.31. The molecule has 1 aromatic heterocycles. The molecule has 30 heavy (non-hydrogen) atoms. The molecule has 0 radical (unpaired) electrons. The third-order valence-corrected chi connectivity index (χ3v) is 7.15. The van der Waals surface area contributed by atoms with E-state index < -0.39 is 15.4 Å². The van der Waals surface area contributed by atoms with Crippen molar-refractivity contribution >= 4 is 26.6 Å². The molecule has 0 saturated carbocycles. The van der Waals surface area contributed by atoms with Crippen molar-refractivity contribution in [3.63, 3.8) is 0 Å². The van der Waals surface area contributed by atoms with Gasteiger partial charge in [-0.05, 0) is 49.2 Å². The lowest BCUT2D eigenvalue weighted by Gasteiger charge is -2.28. The number of benzene rings is 3. The smallest absolute Gasteiger partial charge is 0.261 e. The summed E-state index contributed by atoms with van der Waals surface area (Å²) in [6.07, 6.45) is 0. The first-order chi connectivity index (χ1) is 14.2. The van der Waals surface area contributed by atoms with Gasteiger partial charge in [-0.2, -0.15) is 0 Å². The summed E-state index contributed by atoms with van der Waals surface area (Å²) in [5.41, 5.74) is 5.41. The molecule has 0 aliphatic heterocycles. The molecule has 0 saturated heterocycles. The van der Waals surface area contributed by atoms with Gasteiger partial charge in [0.15, 0.2) is 0 Å². The molecule has 1 heterocycles. The minimum Gasteiger partial charge on any atom is -0.357 e. The highest BCUT2D eigenvalue weighted by atomic mass is 32.2. The lowest BCUT2D eigenvalue weighted by atomic mass is 9.79. The Kier molecular flexibility index (Phi) is 4.94. The summed E-state index contributed by atoms with van der Waals surface area (Å²) in [7, 11) is -3.69. The average molecular weight is 419 g/mol. The number of para-hydroxylation sites is 2. The molecule has 0 aliphatic rings. The molecule has 4 rings (SSSR count). The van der Waals surface area contributed by atoms with E-state index in [2.05, 4.69) is 42.6 Å². The molecule has 0 unspecified atom stereocenters. The molecule has 4 aromatic rings. The fourth-order valence-electron chi connectivity index (χ4n) is 4.08. The molecule has 2 N–H and O–H groups in total. The van der Waals surface area contributed by atoms with E-state index in [1.54, 1.807) is 24.3 Å². The maximum Gasteiger partial charge on any atom is 0.261 e. The number of aromatic nitrogens is 1. The Labute approximate surface area is 178 Å². The Morgan fingerprint density at radius 2 is 1.47 bits per heavy atom. The van der Waals surface area contributed by atoms with Crippen molar-refractivity contribution in [1.82, 2.24) is 4.98 Å². The van der Waals surface area contributed by atoms with Gasteiger partial charge in [-0.1, -0.05) is 67.9 Å². The van der Waals surface area contributed by atoms with Crippen LogP contribution in [0.5, 0.6) is 0 Å². The number of anilines is 1. The minimum atomic E-state index is -3.69. The lowest BCUT2D eigenvalue weighted by molar-refractivity contribution is 0.599. The van der Waals surface area contributed by atoms with Crippen LogP contribution in [-0.2, 0) is 15.4 Å². The number of hydrogen-bond donors (Lipinski definition) is 2. The SMILES string of the molecule is Cc1ccc(S(=O)(=O)Nc2ccccc2C(C)(C)c2[nH]c3ccccc3c2C)cc1. The summed E-state index contributed by atoms with van der Waals surface area (Å²) in [5, 5.41) is 1.18. The monoisotopic (exact) mass is 418 g/mol. The van der Waals surface area contributed by atoms with Crippen molar-refractivity contribution in [1.29, 1.82) is 0 Å². The molecule has 0 bridgehead atoms. The Morgan fingerprint density at radius 1 is 0.833 bits per heavy atom. The number of hydrogen-bond acceptors (Lipinski definition) is 2. The van der Waals surface area contributed by atoms with E-state index in [0.717, 1.165) is 22.3 Å². The predicted molar refractivity (Wildman–Crippen MR) is 124 cm³/mol. The van der Waals surface area contributed by atoms with Gasteiger partial charge in [0, 0.05) is 22.0 Å². The summed E-state index contributed by atoms with van der Waals surface area (Å²) in [6, 6.07) is 22.7. The minimum absolute atomic E-state index is 0.252. The van der Waals surface area contributed by atoms with E-state index in [0.29, 0.717) is 5.69 Å². The molecule has 4 nitrogen and oxygen atoms in total. The molecule has 0 fully saturated rings. The highest BCUT2D eigenvalue weighted by Crippen LogP contribution is 2.39. The number of nitrogens with one attached hydrogen (secondary N) is 2. The first kappa shape index (κ1) is 20.2. The summed E-state index contributed by atoms with van der Waals surface area (Å²) in [4.78, 5) is 3.81. The van der Waals surface area contributed by atoms with Crippen LogP contribution in [-0.4, -0.2) is 13.4 Å². The summed E-state index contributed by atoms with van der Waals surface area (Å²) in [5.74, 6) is 0. The van der Waals surface area contributed by atoms with Crippen molar-refractivity contribution in [2.24, 2.45) is 0 Å². The first-order valence-corrected chi connectivity index (χ1v) is 11.5. The fraction of sp³-hybridized carbons (Fsp3) is 0.200. The highest BCUT2D eigenvalue weighted by molar-refractivity contribution is 7.92. The second-order valence-electron chi connectivity index (χ2n) is 8.26. The second-order valence-corrected chi connectivity index (χ2v) is 9.94. The van der Waals surface area contributed by atoms with Crippen molar-refractivity contribution in [2.75, 3.05) is 4.72 Å². The topological polar surface area (TPSA) is 62.0 Å². The molecule has 5 heteroatoms. The van der Waals surface area contributed by atoms with Crippen LogP contribution in [0.15, 0.2) is 77.7 Å². The number of fused-ring (bicyclic) bond motifs is 1. The van der Waals surface area contributed by atoms with Crippen LogP contribution >= 0.6 is 0 Å². The van der Waals surface area contributed by atoms with Crippen molar-refractivity contribution in [3.8, 4) is 0 Å². The van der Waals surface area contributed by atoms with E-state index in [4.69, 9.17) is 0 Å². The Hall–Kier alpha value is -3.05. The van der Waals surface area contributed by atoms with Crippen molar-refractivity contribution in [2.45, 2.75) is 38.0 Å². The number of H-pyrrole nitrogens is 1. The van der Waals surface area contributed by atoms with Gasteiger partial charge < -0.3 is 4.98 Å². The van der Waals surface area contributed by atoms with Gasteiger partial charge in [0.05, 0.1) is 10.6 Å². The van der Waals surface area contributed by atoms with Gasteiger partial charge >= 0.3 is 0 Å². The standard InChI is InChI=1S/C25H26N2O2S/c1-17-13-15-19(16-14-17)30(28,29)27-23-12-8-6-10-21(23)25(3,4)24-18(2)20-9-5-7-11-22(20)26-24/h5-16,26-27H,1-4H3. The molecule has 0 atom stereocenters. The van der Waals surface area contributed by atoms with Crippen LogP contribution in [0.4, 0.5) is 5.69 Å². The first-order valence-electron chi connectivity index (χ1n) is 9.97. The van der Waals surface area contributed by atoms with Crippen LogP contribution < -0.4 is 4.72 Å². The zero-order valence-corrected chi connectivity index (χ0v) is 18.5. The summed E-state index contributed by atoms with van der Waals surface area (Å²) < 4.78 is 28.8. The number of aryl methyl sites for hydroxylation is 2. The van der Waals surface area contributed by atoms with Gasteiger partial charge in [0.2, 0.25) is 0 Å². The maximum absolute atomic E-state index is 13.0. The van der Waals surface area contributed by atoms with E-state index >= 15 is 0 Å². The van der Waals surface area contributed by atoms with Crippen LogP contribution in [0.2, 0.25) is 0 Å². The van der Waals surface area contributed by atoms with Crippen LogP contribution in [0, 0.1) is 13.8 Å².